The normalized spacial score (nSPS) is 13.0. The second-order valence-electron chi connectivity index (χ2n) is 6.04. The van der Waals surface area contributed by atoms with E-state index in [9.17, 15) is 9.59 Å². The minimum atomic E-state index is -0.217. The largest absolute Gasteiger partial charge is 0.349 e. The summed E-state index contributed by atoms with van der Waals surface area (Å²) in [5.74, 6) is 0.101. The SMILES string of the molecule is CC(=O)Nc1cc(-c2nccc(-c3cc4n(n3)CCNC4=O)n2)ccc1Cl. The number of nitrogens with zero attached hydrogens (tertiary/aromatic N) is 4. The summed E-state index contributed by atoms with van der Waals surface area (Å²) in [6, 6.07) is 8.62. The van der Waals surface area contributed by atoms with Gasteiger partial charge in [0.05, 0.1) is 22.9 Å². The molecular formula is C18H15ClN6O2. The molecule has 1 aromatic carbocycles. The number of carbonyl (C=O) groups excluding carboxylic acids is 2. The van der Waals surface area contributed by atoms with Crippen LogP contribution in [0.5, 0.6) is 0 Å². The van der Waals surface area contributed by atoms with Gasteiger partial charge in [-0.1, -0.05) is 11.6 Å². The summed E-state index contributed by atoms with van der Waals surface area (Å²) in [5, 5.41) is 10.4. The highest BCUT2D eigenvalue weighted by Gasteiger charge is 2.20. The quantitative estimate of drug-likeness (QED) is 0.724. The van der Waals surface area contributed by atoms with Gasteiger partial charge in [0, 0.05) is 25.2 Å². The molecule has 0 bridgehead atoms. The van der Waals surface area contributed by atoms with Gasteiger partial charge in [0.1, 0.15) is 11.4 Å². The molecule has 0 unspecified atom stereocenters. The molecule has 27 heavy (non-hydrogen) atoms. The lowest BCUT2D eigenvalue weighted by molar-refractivity contribution is -0.114. The number of aromatic nitrogens is 4. The third-order valence-corrected chi connectivity index (χ3v) is 4.40. The topological polar surface area (TPSA) is 102 Å². The molecule has 2 aromatic heterocycles. The standard InChI is InChI=1S/C18H15ClN6O2/c1-10(26)22-14-8-11(2-3-12(14)19)17-20-5-4-13(23-17)15-9-16-18(27)21-6-7-25(16)24-15/h2-5,8-9H,6-7H2,1H3,(H,21,27)(H,22,26). The molecule has 0 radical (unpaired) electrons. The average Bonchev–Trinajstić information content (AvgIpc) is 3.09. The minimum absolute atomic E-state index is 0.146. The Hall–Kier alpha value is -3.26. The Kier molecular flexibility index (Phi) is 4.33. The molecule has 3 heterocycles. The minimum Gasteiger partial charge on any atom is -0.349 e. The molecule has 1 aliphatic heterocycles. The predicted molar refractivity (Wildman–Crippen MR) is 100 cm³/mol. The highest BCUT2D eigenvalue weighted by atomic mass is 35.5. The number of nitrogens with one attached hydrogen (secondary N) is 2. The van der Waals surface area contributed by atoms with E-state index in [2.05, 4.69) is 25.7 Å². The molecular weight excluding hydrogens is 368 g/mol. The number of amides is 2. The van der Waals surface area contributed by atoms with Crippen LogP contribution in [0.3, 0.4) is 0 Å². The first-order valence-electron chi connectivity index (χ1n) is 8.28. The fraction of sp³-hybridized carbons (Fsp3) is 0.167. The summed E-state index contributed by atoms with van der Waals surface area (Å²) in [5.41, 5.74) is 2.90. The number of rotatable bonds is 3. The van der Waals surface area contributed by atoms with Gasteiger partial charge in [-0.15, -0.1) is 0 Å². The Balaban J connectivity index is 1.71. The van der Waals surface area contributed by atoms with E-state index < -0.39 is 0 Å². The number of fused-ring (bicyclic) bond motifs is 1. The van der Waals surface area contributed by atoms with Crippen LogP contribution in [0.2, 0.25) is 5.02 Å². The van der Waals surface area contributed by atoms with Gasteiger partial charge in [-0.2, -0.15) is 5.10 Å². The molecule has 0 saturated heterocycles. The molecule has 2 amide bonds. The van der Waals surface area contributed by atoms with E-state index in [0.29, 0.717) is 52.3 Å². The molecule has 0 atom stereocenters. The molecule has 0 saturated carbocycles. The van der Waals surface area contributed by atoms with Crippen molar-refractivity contribution in [3.05, 3.63) is 47.2 Å². The first-order valence-corrected chi connectivity index (χ1v) is 8.66. The Morgan fingerprint density at radius 2 is 2.11 bits per heavy atom. The highest BCUT2D eigenvalue weighted by molar-refractivity contribution is 6.33. The molecule has 0 aliphatic carbocycles. The maximum Gasteiger partial charge on any atom is 0.269 e. The van der Waals surface area contributed by atoms with E-state index in [0.717, 1.165) is 0 Å². The van der Waals surface area contributed by atoms with Crippen molar-refractivity contribution in [1.29, 1.82) is 0 Å². The van der Waals surface area contributed by atoms with E-state index in [1.54, 1.807) is 41.2 Å². The first kappa shape index (κ1) is 17.2. The fourth-order valence-electron chi connectivity index (χ4n) is 2.85. The third kappa shape index (κ3) is 3.39. The Morgan fingerprint density at radius 3 is 2.89 bits per heavy atom. The van der Waals surface area contributed by atoms with Gasteiger partial charge < -0.3 is 10.6 Å². The average molecular weight is 383 g/mol. The van der Waals surface area contributed by atoms with E-state index in [1.807, 2.05) is 0 Å². The van der Waals surface area contributed by atoms with Crippen molar-refractivity contribution in [2.24, 2.45) is 0 Å². The zero-order valence-corrected chi connectivity index (χ0v) is 15.1. The summed E-state index contributed by atoms with van der Waals surface area (Å²) in [6.07, 6.45) is 1.63. The monoisotopic (exact) mass is 382 g/mol. The van der Waals surface area contributed by atoms with Crippen LogP contribution < -0.4 is 10.6 Å². The molecule has 8 nitrogen and oxygen atoms in total. The zero-order valence-electron chi connectivity index (χ0n) is 14.4. The van der Waals surface area contributed by atoms with Crippen molar-refractivity contribution in [2.75, 3.05) is 11.9 Å². The molecule has 1 aliphatic rings. The number of hydrogen-bond donors (Lipinski definition) is 2. The van der Waals surface area contributed by atoms with Crippen molar-refractivity contribution in [1.82, 2.24) is 25.1 Å². The molecule has 4 rings (SSSR count). The second-order valence-corrected chi connectivity index (χ2v) is 6.44. The number of halogens is 1. The number of benzene rings is 1. The lowest BCUT2D eigenvalue weighted by Gasteiger charge is -2.13. The van der Waals surface area contributed by atoms with E-state index in [-0.39, 0.29) is 11.8 Å². The predicted octanol–water partition coefficient (Wildman–Crippen LogP) is 2.36. The zero-order chi connectivity index (χ0) is 19.0. The van der Waals surface area contributed by atoms with Crippen molar-refractivity contribution >= 4 is 29.1 Å². The smallest absolute Gasteiger partial charge is 0.269 e. The third-order valence-electron chi connectivity index (χ3n) is 4.08. The van der Waals surface area contributed by atoms with Crippen molar-refractivity contribution < 1.29 is 9.59 Å². The maximum atomic E-state index is 11.9. The fourth-order valence-corrected chi connectivity index (χ4v) is 3.02. The van der Waals surface area contributed by atoms with Gasteiger partial charge in [0.25, 0.3) is 5.91 Å². The first-order chi connectivity index (χ1) is 13.0. The molecule has 9 heteroatoms. The van der Waals surface area contributed by atoms with Crippen LogP contribution in [-0.2, 0) is 11.3 Å². The van der Waals surface area contributed by atoms with Gasteiger partial charge in [0.15, 0.2) is 5.82 Å². The van der Waals surface area contributed by atoms with Crippen molar-refractivity contribution in [3.63, 3.8) is 0 Å². The van der Waals surface area contributed by atoms with E-state index >= 15 is 0 Å². The van der Waals surface area contributed by atoms with Crippen molar-refractivity contribution in [2.45, 2.75) is 13.5 Å². The molecule has 0 spiro atoms. The lowest BCUT2D eigenvalue weighted by atomic mass is 10.1. The van der Waals surface area contributed by atoms with E-state index in [4.69, 9.17) is 11.6 Å². The summed E-state index contributed by atoms with van der Waals surface area (Å²) in [4.78, 5) is 32.1. The number of anilines is 1. The number of hydrogen-bond acceptors (Lipinski definition) is 5. The van der Waals surface area contributed by atoms with Gasteiger partial charge in [-0.25, -0.2) is 9.97 Å². The van der Waals surface area contributed by atoms with Crippen LogP contribution in [0.4, 0.5) is 5.69 Å². The van der Waals surface area contributed by atoms with Crippen LogP contribution in [0.25, 0.3) is 22.8 Å². The van der Waals surface area contributed by atoms with Crippen LogP contribution in [-0.4, -0.2) is 38.1 Å². The highest BCUT2D eigenvalue weighted by Crippen LogP contribution is 2.28. The molecule has 136 valence electrons. The Bertz CT molecular complexity index is 1060. The lowest BCUT2D eigenvalue weighted by Crippen LogP contribution is -2.35. The summed E-state index contributed by atoms with van der Waals surface area (Å²) < 4.78 is 1.67. The van der Waals surface area contributed by atoms with Gasteiger partial charge in [-0.05, 0) is 30.3 Å². The van der Waals surface area contributed by atoms with Gasteiger partial charge in [-0.3, -0.25) is 14.3 Å². The molecule has 2 N–H and O–H groups in total. The van der Waals surface area contributed by atoms with Crippen molar-refractivity contribution in [3.8, 4) is 22.8 Å². The van der Waals surface area contributed by atoms with Gasteiger partial charge >= 0.3 is 0 Å². The van der Waals surface area contributed by atoms with Crippen LogP contribution in [0.15, 0.2) is 36.5 Å². The van der Waals surface area contributed by atoms with Crippen LogP contribution in [0.1, 0.15) is 17.4 Å². The summed E-state index contributed by atoms with van der Waals surface area (Å²) in [6.45, 7) is 2.59. The number of carbonyl (C=O) groups is 2. The molecule has 3 aromatic rings. The Labute approximate surface area is 159 Å². The van der Waals surface area contributed by atoms with Crippen LogP contribution >= 0.6 is 11.6 Å². The Morgan fingerprint density at radius 1 is 1.26 bits per heavy atom. The second kappa shape index (κ2) is 6.81. The van der Waals surface area contributed by atoms with E-state index in [1.165, 1.54) is 6.92 Å². The molecule has 0 fully saturated rings. The summed E-state index contributed by atoms with van der Waals surface area (Å²) in [7, 11) is 0. The summed E-state index contributed by atoms with van der Waals surface area (Å²) >= 11 is 6.12. The van der Waals surface area contributed by atoms with Crippen LogP contribution in [0, 0.1) is 0 Å². The maximum absolute atomic E-state index is 11.9. The van der Waals surface area contributed by atoms with Gasteiger partial charge in [0.2, 0.25) is 5.91 Å².